The molecule has 2 aromatic rings. The van der Waals surface area contributed by atoms with Gasteiger partial charge in [0.1, 0.15) is 10.7 Å². The Kier molecular flexibility index (Phi) is 4.22. The SMILES string of the molecule is Nc1cc(Cl)ccc1NS(=O)(=O)c1ccc(Br)cc1F. The molecule has 3 N–H and O–H groups in total. The lowest BCUT2D eigenvalue weighted by Gasteiger charge is -2.11. The first kappa shape index (κ1) is 15.1. The Balaban J connectivity index is 2.41. The number of nitrogens with two attached hydrogens (primary N) is 1. The predicted octanol–water partition coefficient (Wildman–Crippen LogP) is 3.62. The van der Waals surface area contributed by atoms with Gasteiger partial charge in [0.2, 0.25) is 0 Å². The maximum Gasteiger partial charge on any atom is 0.264 e. The van der Waals surface area contributed by atoms with Crippen molar-refractivity contribution in [2.24, 2.45) is 0 Å². The zero-order valence-corrected chi connectivity index (χ0v) is 13.1. The molecule has 0 atom stereocenters. The van der Waals surface area contributed by atoms with Crippen molar-refractivity contribution in [3.8, 4) is 0 Å². The van der Waals surface area contributed by atoms with Crippen LogP contribution in [0.3, 0.4) is 0 Å². The number of halogens is 3. The highest BCUT2D eigenvalue weighted by Crippen LogP contribution is 2.27. The molecular weight excluding hydrogens is 371 g/mol. The van der Waals surface area contributed by atoms with Crippen LogP contribution in [0, 0.1) is 5.82 Å². The van der Waals surface area contributed by atoms with Crippen LogP contribution >= 0.6 is 27.5 Å². The molecule has 0 aliphatic carbocycles. The number of nitrogens with one attached hydrogen (secondary N) is 1. The van der Waals surface area contributed by atoms with Crippen LogP contribution in [-0.4, -0.2) is 8.42 Å². The third-order valence-corrected chi connectivity index (χ3v) is 4.57. The van der Waals surface area contributed by atoms with Gasteiger partial charge in [0, 0.05) is 9.50 Å². The van der Waals surface area contributed by atoms with Crippen molar-refractivity contribution in [1.82, 2.24) is 0 Å². The quantitative estimate of drug-likeness (QED) is 0.800. The van der Waals surface area contributed by atoms with Crippen LogP contribution in [0.25, 0.3) is 0 Å². The molecule has 4 nitrogen and oxygen atoms in total. The first-order chi connectivity index (χ1) is 9.29. The van der Waals surface area contributed by atoms with E-state index in [0.717, 1.165) is 12.1 Å². The Hall–Kier alpha value is -1.31. The van der Waals surface area contributed by atoms with Crippen LogP contribution in [-0.2, 0) is 10.0 Å². The highest BCUT2D eigenvalue weighted by atomic mass is 79.9. The van der Waals surface area contributed by atoms with Crippen molar-refractivity contribution in [2.45, 2.75) is 4.90 Å². The number of nitrogen functional groups attached to an aromatic ring is 1. The minimum Gasteiger partial charge on any atom is -0.397 e. The molecule has 0 aliphatic rings. The minimum absolute atomic E-state index is 0.136. The van der Waals surface area contributed by atoms with Crippen LogP contribution in [0.2, 0.25) is 5.02 Å². The smallest absolute Gasteiger partial charge is 0.264 e. The van der Waals surface area contributed by atoms with Crippen molar-refractivity contribution in [1.29, 1.82) is 0 Å². The summed E-state index contributed by atoms with van der Waals surface area (Å²) in [6, 6.07) is 7.95. The molecule has 0 amide bonds. The number of hydrogen-bond donors (Lipinski definition) is 2. The van der Waals surface area contributed by atoms with Gasteiger partial charge in [-0.3, -0.25) is 4.72 Å². The van der Waals surface area contributed by atoms with Crippen molar-refractivity contribution >= 4 is 48.9 Å². The number of anilines is 2. The molecule has 0 radical (unpaired) electrons. The summed E-state index contributed by atoms with van der Waals surface area (Å²) in [5.74, 6) is -0.862. The average molecular weight is 380 g/mol. The van der Waals surface area contributed by atoms with E-state index in [2.05, 4.69) is 20.7 Å². The molecule has 0 fully saturated rings. The Bertz CT molecular complexity index is 768. The zero-order valence-electron chi connectivity index (χ0n) is 9.90. The van der Waals surface area contributed by atoms with E-state index in [0.29, 0.717) is 9.50 Å². The molecule has 8 heteroatoms. The second kappa shape index (κ2) is 5.59. The molecule has 0 heterocycles. The van der Waals surface area contributed by atoms with Crippen LogP contribution < -0.4 is 10.5 Å². The van der Waals surface area contributed by atoms with E-state index in [9.17, 15) is 12.8 Å². The van der Waals surface area contributed by atoms with Gasteiger partial charge in [0.25, 0.3) is 10.0 Å². The molecule has 0 spiro atoms. The van der Waals surface area contributed by atoms with Gasteiger partial charge in [0.15, 0.2) is 0 Å². The van der Waals surface area contributed by atoms with Gasteiger partial charge >= 0.3 is 0 Å². The first-order valence-corrected chi connectivity index (χ1v) is 7.98. The van der Waals surface area contributed by atoms with Crippen LogP contribution in [0.4, 0.5) is 15.8 Å². The summed E-state index contributed by atoms with van der Waals surface area (Å²) in [6.45, 7) is 0. The van der Waals surface area contributed by atoms with E-state index in [1.54, 1.807) is 0 Å². The van der Waals surface area contributed by atoms with Crippen molar-refractivity contribution in [2.75, 3.05) is 10.5 Å². The molecule has 0 aliphatic heterocycles. The van der Waals surface area contributed by atoms with Gasteiger partial charge < -0.3 is 5.73 Å². The average Bonchev–Trinajstić information content (AvgIpc) is 2.32. The molecule has 106 valence electrons. The Labute approximate surface area is 128 Å². The van der Waals surface area contributed by atoms with Crippen LogP contribution in [0.5, 0.6) is 0 Å². The van der Waals surface area contributed by atoms with Gasteiger partial charge in [-0.15, -0.1) is 0 Å². The summed E-state index contributed by atoms with van der Waals surface area (Å²) in [7, 11) is -4.07. The van der Waals surface area contributed by atoms with E-state index in [1.807, 2.05) is 0 Å². The summed E-state index contributed by atoms with van der Waals surface area (Å²) < 4.78 is 40.6. The molecule has 0 saturated carbocycles. The monoisotopic (exact) mass is 378 g/mol. The van der Waals surface area contributed by atoms with Crippen molar-refractivity contribution in [3.05, 3.63) is 51.7 Å². The number of hydrogen-bond acceptors (Lipinski definition) is 3. The molecule has 0 unspecified atom stereocenters. The van der Waals surface area contributed by atoms with E-state index in [4.69, 9.17) is 17.3 Å². The topological polar surface area (TPSA) is 72.2 Å². The highest BCUT2D eigenvalue weighted by Gasteiger charge is 2.20. The first-order valence-electron chi connectivity index (χ1n) is 5.32. The third-order valence-electron chi connectivity index (χ3n) is 2.44. The van der Waals surface area contributed by atoms with E-state index in [1.165, 1.54) is 24.3 Å². The molecule has 0 bridgehead atoms. The number of sulfonamides is 1. The summed E-state index contributed by atoms with van der Waals surface area (Å²) in [5, 5.41) is 0.375. The van der Waals surface area contributed by atoms with Gasteiger partial charge in [-0.25, -0.2) is 12.8 Å². The zero-order chi connectivity index (χ0) is 14.9. The lowest BCUT2D eigenvalue weighted by molar-refractivity contribution is 0.570. The molecule has 2 rings (SSSR count). The summed E-state index contributed by atoms with van der Waals surface area (Å²) in [4.78, 5) is -0.463. The third kappa shape index (κ3) is 3.23. The maximum atomic E-state index is 13.7. The molecule has 20 heavy (non-hydrogen) atoms. The predicted molar refractivity (Wildman–Crippen MR) is 80.8 cm³/mol. The second-order valence-corrected chi connectivity index (χ2v) is 6.91. The molecule has 2 aromatic carbocycles. The number of rotatable bonds is 3. The van der Waals surface area contributed by atoms with E-state index >= 15 is 0 Å². The van der Waals surface area contributed by atoms with Crippen molar-refractivity contribution < 1.29 is 12.8 Å². The summed E-state index contributed by atoms with van der Waals surface area (Å²) in [5.41, 5.74) is 5.94. The molecule has 0 saturated heterocycles. The number of benzene rings is 2. The van der Waals surface area contributed by atoms with Crippen LogP contribution in [0.1, 0.15) is 0 Å². The van der Waals surface area contributed by atoms with E-state index in [-0.39, 0.29) is 11.4 Å². The van der Waals surface area contributed by atoms with Crippen molar-refractivity contribution in [3.63, 3.8) is 0 Å². The van der Waals surface area contributed by atoms with Crippen LogP contribution in [0.15, 0.2) is 45.8 Å². The Morgan fingerprint density at radius 1 is 1.20 bits per heavy atom. The lowest BCUT2D eigenvalue weighted by Crippen LogP contribution is -2.15. The fourth-order valence-electron chi connectivity index (χ4n) is 1.52. The fourth-order valence-corrected chi connectivity index (χ4v) is 3.18. The van der Waals surface area contributed by atoms with Gasteiger partial charge in [-0.2, -0.15) is 0 Å². The normalized spacial score (nSPS) is 11.3. The maximum absolute atomic E-state index is 13.7. The van der Waals surface area contributed by atoms with E-state index < -0.39 is 20.7 Å². The Morgan fingerprint density at radius 3 is 2.50 bits per heavy atom. The molecular formula is C12H9BrClFN2O2S. The second-order valence-electron chi connectivity index (χ2n) is 3.91. The Morgan fingerprint density at radius 2 is 1.90 bits per heavy atom. The lowest BCUT2D eigenvalue weighted by atomic mass is 10.3. The standard InChI is InChI=1S/C12H9BrClFN2O2S/c13-7-1-4-12(9(15)5-7)20(18,19)17-11-3-2-8(14)6-10(11)16/h1-6,17H,16H2. The van der Waals surface area contributed by atoms with Gasteiger partial charge in [-0.1, -0.05) is 27.5 Å². The van der Waals surface area contributed by atoms with Gasteiger partial charge in [0.05, 0.1) is 11.4 Å². The summed E-state index contributed by atoms with van der Waals surface area (Å²) >= 11 is 8.78. The van der Waals surface area contributed by atoms with Gasteiger partial charge in [-0.05, 0) is 36.4 Å². The molecule has 0 aromatic heterocycles. The highest BCUT2D eigenvalue weighted by molar-refractivity contribution is 9.10. The minimum atomic E-state index is -4.07. The fraction of sp³-hybridized carbons (Fsp3) is 0. The largest absolute Gasteiger partial charge is 0.397 e. The summed E-state index contributed by atoms with van der Waals surface area (Å²) in [6.07, 6.45) is 0.